The minimum Gasteiger partial charge on any atom is -0.370 e. The average molecular weight is 276 g/mol. The molecule has 0 bridgehead atoms. The molecule has 0 spiro atoms. The van der Waals surface area contributed by atoms with Crippen LogP contribution < -0.4 is 10.2 Å². The maximum atomic E-state index is 4.49. The number of aryl methyl sites for hydroxylation is 1. The van der Waals surface area contributed by atoms with Crippen molar-refractivity contribution >= 4 is 23.0 Å². The van der Waals surface area contributed by atoms with Gasteiger partial charge in [0.25, 0.3) is 0 Å². The van der Waals surface area contributed by atoms with Gasteiger partial charge < -0.3 is 10.2 Å². The molecule has 5 heteroatoms. The van der Waals surface area contributed by atoms with E-state index in [2.05, 4.69) is 51.7 Å². The molecule has 0 aliphatic rings. The number of thiophene rings is 1. The van der Waals surface area contributed by atoms with E-state index in [0.717, 1.165) is 37.0 Å². The van der Waals surface area contributed by atoms with Crippen LogP contribution in [-0.4, -0.2) is 30.1 Å². The van der Waals surface area contributed by atoms with Crippen LogP contribution in [0.1, 0.15) is 17.6 Å². The van der Waals surface area contributed by atoms with E-state index in [1.807, 2.05) is 13.0 Å². The maximum Gasteiger partial charge on any atom is 0.134 e. The Kier molecular flexibility index (Phi) is 4.74. The monoisotopic (exact) mass is 276 g/mol. The van der Waals surface area contributed by atoms with Gasteiger partial charge in [-0.2, -0.15) is 0 Å². The molecule has 1 N–H and O–H groups in total. The van der Waals surface area contributed by atoms with E-state index in [9.17, 15) is 0 Å². The molecule has 19 heavy (non-hydrogen) atoms. The van der Waals surface area contributed by atoms with Gasteiger partial charge in [-0.25, -0.2) is 9.97 Å². The van der Waals surface area contributed by atoms with Crippen molar-refractivity contribution in [2.24, 2.45) is 0 Å². The van der Waals surface area contributed by atoms with Crippen molar-refractivity contribution in [1.82, 2.24) is 9.97 Å². The summed E-state index contributed by atoms with van der Waals surface area (Å²) in [6.45, 7) is 5.83. The van der Waals surface area contributed by atoms with Crippen LogP contribution in [0, 0.1) is 6.92 Å². The minimum absolute atomic E-state index is 0.802. The van der Waals surface area contributed by atoms with Crippen LogP contribution in [0.2, 0.25) is 0 Å². The highest BCUT2D eigenvalue weighted by Crippen LogP contribution is 2.16. The van der Waals surface area contributed by atoms with E-state index in [-0.39, 0.29) is 0 Å². The molecular weight excluding hydrogens is 256 g/mol. The summed E-state index contributed by atoms with van der Waals surface area (Å²) in [5.41, 5.74) is 0. The summed E-state index contributed by atoms with van der Waals surface area (Å²) in [6.07, 6.45) is 1.05. The van der Waals surface area contributed by atoms with Gasteiger partial charge in [0.2, 0.25) is 0 Å². The second-order valence-corrected chi connectivity index (χ2v) is 5.47. The van der Waals surface area contributed by atoms with Gasteiger partial charge in [-0.15, -0.1) is 11.3 Å². The number of likely N-dealkylation sites (N-methyl/N-ethyl adjacent to an activating group) is 1. The van der Waals surface area contributed by atoms with E-state index in [4.69, 9.17) is 0 Å². The van der Waals surface area contributed by atoms with Crippen molar-refractivity contribution in [2.45, 2.75) is 20.3 Å². The Balaban J connectivity index is 2.03. The van der Waals surface area contributed by atoms with Crippen molar-refractivity contribution in [3.8, 4) is 0 Å². The molecule has 0 unspecified atom stereocenters. The molecule has 102 valence electrons. The Bertz CT molecular complexity index is 510. The van der Waals surface area contributed by atoms with Gasteiger partial charge in [0.1, 0.15) is 17.5 Å². The predicted molar refractivity (Wildman–Crippen MR) is 82.2 cm³/mol. The number of hydrogen-bond donors (Lipinski definition) is 1. The topological polar surface area (TPSA) is 41.0 Å². The molecule has 2 aromatic heterocycles. The highest BCUT2D eigenvalue weighted by molar-refractivity contribution is 7.09. The summed E-state index contributed by atoms with van der Waals surface area (Å²) in [7, 11) is 2.07. The third kappa shape index (κ3) is 3.92. The molecule has 2 heterocycles. The molecule has 0 saturated heterocycles. The third-order valence-corrected chi connectivity index (χ3v) is 3.78. The summed E-state index contributed by atoms with van der Waals surface area (Å²) < 4.78 is 0. The van der Waals surface area contributed by atoms with Gasteiger partial charge >= 0.3 is 0 Å². The van der Waals surface area contributed by atoms with Crippen molar-refractivity contribution < 1.29 is 0 Å². The van der Waals surface area contributed by atoms with E-state index >= 15 is 0 Å². The van der Waals surface area contributed by atoms with Crippen LogP contribution in [0.25, 0.3) is 0 Å². The summed E-state index contributed by atoms with van der Waals surface area (Å²) in [4.78, 5) is 12.4. The van der Waals surface area contributed by atoms with Gasteiger partial charge in [0, 0.05) is 31.1 Å². The molecule has 0 aliphatic carbocycles. The lowest BCUT2D eigenvalue weighted by Gasteiger charge is -2.19. The normalized spacial score (nSPS) is 10.5. The number of hydrogen-bond acceptors (Lipinski definition) is 5. The van der Waals surface area contributed by atoms with Gasteiger partial charge in [0.05, 0.1) is 0 Å². The lowest BCUT2D eigenvalue weighted by Crippen LogP contribution is -2.22. The minimum atomic E-state index is 0.802. The third-order valence-electron chi connectivity index (χ3n) is 2.85. The molecule has 0 fully saturated rings. The highest BCUT2D eigenvalue weighted by Gasteiger charge is 2.06. The predicted octanol–water partition coefficient (Wildman–Crippen LogP) is 2.96. The van der Waals surface area contributed by atoms with Crippen molar-refractivity contribution in [3.05, 3.63) is 34.3 Å². The van der Waals surface area contributed by atoms with Crippen LogP contribution in [0.15, 0.2) is 23.6 Å². The fourth-order valence-electron chi connectivity index (χ4n) is 1.87. The second-order valence-electron chi connectivity index (χ2n) is 4.44. The first-order valence-electron chi connectivity index (χ1n) is 6.52. The zero-order chi connectivity index (χ0) is 13.7. The number of aromatic nitrogens is 2. The average Bonchev–Trinajstić information content (AvgIpc) is 2.88. The molecule has 2 aromatic rings. The SMILES string of the molecule is CCNc1cc(N(C)CCc2cccs2)nc(C)n1. The van der Waals surface area contributed by atoms with Crippen LogP contribution in [0.3, 0.4) is 0 Å². The molecule has 0 amide bonds. The van der Waals surface area contributed by atoms with Gasteiger partial charge in [-0.05, 0) is 31.7 Å². The van der Waals surface area contributed by atoms with Gasteiger partial charge in [0.15, 0.2) is 0 Å². The first-order valence-corrected chi connectivity index (χ1v) is 7.40. The molecule has 0 radical (unpaired) electrons. The molecule has 0 aromatic carbocycles. The summed E-state index contributed by atoms with van der Waals surface area (Å²) >= 11 is 1.80. The van der Waals surface area contributed by atoms with E-state index in [1.165, 1.54) is 4.88 Å². The first kappa shape index (κ1) is 13.8. The van der Waals surface area contributed by atoms with Crippen molar-refractivity contribution in [1.29, 1.82) is 0 Å². The molecular formula is C14H20N4S. The second kappa shape index (κ2) is 6.52. The van der Waals surface area contributed by atoms with Crippen LogP contribution in [0.5, 0.6) is 0 Å². The Morgan fingerprint density at radius 2 is 2.21 bits per heavy atom. The molecule has 4 nitrogen and oxygen atoms in total. The maximum absolute atomic E-state index is 4.49. The van der Waals surface area contributed by atoms with E-state index in [1.54, 1.807) is 11.3 Å². The number of rotatable bonds is 6. The van der Waals surface area contributed by atoms with Crippen molar-refractivity contribution in [3.63, 3.8) is 0 Å². The van der Waals surface area contributed by atoms with Crippen LogP contribution in [-0.2, 0) is 6.42 Å². The number of nitrogens with zero attached hydrogens (tertiary/aromatic N) is 3. The zero-order valence-corrected chi connectivity index (χ0v) is 12.5. The lowest BCUT2D eigenvalue weighted by atomic mass is 10.3. The summed E-state index contributed by atoms with van der Waals surface area (Å²) in [5.74, 6) is 2.67. The molecule has 0 saturated carbocycles. The lowest BCUT2D eigenvalue weighted by molar-refractivity contribution is 0.856. The standard InChI is InChI=1S/C14H20N4S/c1-4-15-13-10-14(17-11(2)16-13)18(3)8-7-12-6-5-9-19-12/h5-6,9-10H,4,7-8H2,1-3H3,(H,15,16,17). The van der Waals surface area contributed by atoms with Crippen molar-refractivity contribution in [2.75, 3.05) is 30.4 Å². The Morgan fingerprint density at radius 1 is 1.37 bits per heavy atom. The molecule has 0 aliphatic heterocycles. The van der Waals surface area contributed by atoms with Crippen LogP contribution in [0.4, 0.5) is 11.6 Å². The Labute approximate surface area is 118 Å². The Hall–Kier alpha value is -1.62. The fraction of sp³-hybridized carbons (Fsp3) is 0.429. The zero-order valence-electron chi connectivity index (χ0n) is 11.7. The van der Waals surface area contributed by atoms with Gasteiger partial charge in [-0.1, -0.05) is 6.07 Å². The Morgan fingerprint density at radius 3 is 2.89 bits per heavy atom. The quantitative estimate of drug-likeness (QED) is 0.880. The number of nitrogens with one attached hydrogen (secondary N) is 1. The smallest absolute Gasteiger partial charge is 0.134 e. The summed E-state index contributed by atoms with van der Waals surface area (Å²) in [5, 5.41) is 5.36. The summed E-state index contributed by atoms with van der Waals surface area (Å²) in [6, 6.07) is 6.27. The molecule has 0 atom stereocenters. The molecule has 2 rings (SSSR count). The van der Waals surface area contributed by atoms with Crippen LogP contribution >= 0.6 is 11.3 Å². The van der Waals surface area contributed by atoms with Gasteiger partial charge in [-0.3, -0.25) is 0 Å². The first-order chi connectivity index (χ1) is 9.19. The largest absolute Gasteiger partial charge is 0.370 e. The van der Waals surface area contributed by atoms with E-state index in [0.29, 0.717) is 0 Å². The number of anilines is 2. The van der Waals surface area contributed by atoms with E-state index < -0.39 is 0 Å². The fourth-order valence-corrected chi connectivity index (χ4v) is 2.56. The highest BCUT2D eigenvalue weighted by atomic mass is 32.1.